The first kappa shape index (κ1) is 16.0. The minimum absolute atomic E-state index is 0.00913. The molecule has 1 aromatic heterocycles. The van der Waals surface area contributed by atoms with Crippen molar-refractivity contribution >= 4 is 11.4 Å². The number of ether oxygens (including phenoxy) is 2. The van der Waals surface area contributed by atoms with E-state index in [0.717, 1.165) is 29.9 Å². The Morgan fingerprint density at radius 2 is 2.12 bits per heavy atom. The molecule has 0 radical (unpaired) electrons. The summed E-state index contributed by atoms with van der Waals surface area (Å²) in [5.41, 5.74) is 1.54. The van der Waals surface area contributed by atoms with Crippen LogP contribution in [0.3, 0.4) is 0 Å². The molecule has 1 aliphatic rings. The van der Waals surface area contributed by atoms with Gasteiger partial charge < -0.3 is 14.8 Å². The average molecular weight is 329 g/mol. The van der Waals surface area contributed by atoms with Gasteiger partial charge in [-0.2, -0.15) is 0 Å². The maximum absolute atomic E-state index is 11.0. The van der Waals surface area contributed by atoms with Crippen molar-refractivity contribution in [2.45, 2.75) is 31.9 Å². The van der Waals surface area contributed by atoms with Crippen molar-refractivity contribution in [1.82, 2.24) is 4.98 Å². The molecule has 7 heteroatoms. The third kappa shape index (κ3) is 3.40. The molecule has 1 aromatic carbocycles. The zero-order valence-corrected chi connectivity index (χ0v) is 13.6. The maximum atomic E-state index is 11.0. The van der Waals surface area contributed by atoms with Crippen molar-refractivity contribution in [3.63, 3.8) is 0 Å². The number of aryl methyl sites for hydroxylation is 1. The standard InChI is InChI=1S/C17H19N3O4/c1-11-3-4-13(9-17(11)23-2)24-14-7-12(8-14)19-15-5-6-18-10-16(15)20(21)22/h3-6,9-10,12,14H,7-8H2,1-2H3,(H,18,19). The van der Waals surface area contributed by atoms with Crippen LogP contribution in [0.25, 0.3) is 0 Å². The number of aromatic nitrogens is 1. The van der Waals surface area contributed by atoms with Crippen molar-refractivity contribution in [1.29, 1.82) is 0 Å². The molecular weight excluding hydrogens is 310 g/mol. The van der Waals surface area contributed by atoms with Gasteiger partial charge in [-0.25, -0.2) is 0 Å². The lowest BCUT2D eigenvalue weighted by Gasteiger charge is -2.36. The minimum atomic E-state index is -0.430. The molecule has 1 heterocycles. The van der Waals surface area contributed by atoms with Crippen molar-refractivity contribution in [2.75, 3.05) is 12.4 Å². The van der Waals surface area contributed by atoms with Gasteiger partial charge in [0.15, 0.2) is 0 Å². The Morgan fingerprint density at radius 1 is 1.33 bits per heavy atom. The zero-order valence-electron chi connectivity index (χ0n) is 13.6. The molecule has 1 saturated carbocycles. The predicted molar refractivity (Wildman–Crippen MR) is 89.7 cm³/mol. The smallest absolute Gasteiger partial charge is 0.310 e. The number of hydrogen-bond donors (Lipinski definition) is 1. The van der Waals surface area contributed by atoms with E-state index in [0.29, 0.717) is 5.69 Å². The summed E-state index contributed by atoms with van der Waals surface area (Å²) >= 11 is 0. The number of rotatable bonds is 6. The first-order valence-electron chi connectivity index (χ1n) is 7.73. The highest BCUT2D eigenvalue weighted by Crippen LogP contribution is 2.33. The number of hydrogen-bond acceptors (Lipinski definition) is 6. The first-order valence-corrected chi connectivity index (χ1v) is 7.73. The highest BCUT2D eigenvalue weighted by molar-refractivity contribution is 5.60. The number of nitro groups is 1. The van der Waals surface area contributed by atoms with E-state index in [9.17, 15) is 10.1 Å². The van der Waals surface area contributed by atoms with Gasteiger partial charge in [0.2, 0.25) is 0 Å². The van der Waals surface area contributed by atoms with Gasteiger partial charge in [0.25, 0.3) is 0 Å². The summed E-state index contributed by atoms with van der Waals surface area (Å²) in [6, 6.07) is 7.54. The minimum Gasteiger partial charge on any atom is -0.496 e. The van der Waals surface area contributed by atoms with Crippen LogP contribution in [0.2, 0.25) is 0 Å². The van der Waals surface area contributed by atoms with Crippen LogP contribution >= 0.6 is 0 Å². The molecule has 1 fully saturated rings. The van der Waals surface area contributed by atoms with Crippen LogP contribution in [0.5, 0.6) is 11.5 Å². The summed E-state index contributed by atoms with van der Waals surface area (Å²) in [5.74, 6) is 1.57. The molecule has 2 aromatic rings. The predicted octanol–water partition coefficient (Wildman–Crippen LogP) is 3.33. The summed E-state index contributed by atoms with van der Waals surface area (Å²) < 4.78 is 11.2. The lowest BCUT2D eigenvalue weighted by Crippen LogP contribution is -2.42. The Labute approximate surface area is 139 Å². The van der Waals surface area contributed by atoms with Crippen LogP contribution in [0.1, 0.15) is 18.4 Å². The largest absolute Gasteiger partial charge is 0.496 e. The second-order valence-electron chi connectivity index (χ2n) is 5.83. The lowest BCUT2D eigenvalue weighted by atomic mass is 9.89. The quantitative estimate of drug-likeness (QED) is 0.646. The number of benzene rings is 1. The number of nitrogens with one attached hydrogen (secondary N) is 1. The van der Waals surface area contributed by atoms with E-state index in [4.69, 9.17) is 9.47 Å². The second kappa shape index (κ2) is 6.74. The van der Waals surface area contributed by atoms with E-state index in [1.165, 1.54) is 6.20 Å². The van der Waals surface area contributed by atoms with Crippen LogP contribution in [0, 0.1) is 17.0 Å². The topological polar surface area (TPSA) is 86.5 Å². The van der Waals surface area contributed by atoms with Crippen LogP contribution < -0.4 is 14.8 Å². The van der Waals surface area contributed by atoms with E-state index in [1.807, 2.05) is 25.1 Å². The maximum Gasteiger partial charge on any atom is 0.310 e. The highest BCUT2D eigenvalue weighted by Gasteiger charge is 2.32. The van der Waals surface area contributed by atoms with Crippen LogP contribution in [-0.4, -0.2) is 29.2 Å². The summed E-state index contributed by atoms with van der Waals surface area (Å²) in [4.78, 5) is 14.4. The molecule has 0 unspecified atom stereocenters. The van der Waals surface area contributed by atoms with Crippen molar-refractivity contribution in [3.8, 4) is 11.5 Å². The molecule has 1 N–H and O–H groups in total. The molecular formula is C17H19N3O4. The monoisotopic (exact) mass is 329 g/mol. The Kier molecular flexibility index (Phi) is 4.50. The fraction of sp³-hybridized carbons (Fsp3) is 0.353. The second-order valence-corrected chi connectivity index (χ2v) is 5.83. The van der Waals surface area contributed by atoms with Gasteiger partial charge in [0.1, 0.15) is 29.5 Å². The molecule has 0 atom stereocenters. The van der Waals surface area contributed by atoms with Crippen molar-refractivity contribution in [2.24, 2.45) is 0 Å². The van der Waals surface area contributed by atoms with Crippen LogP contribution in [0.15, 0.2) is 36.7 Å². The number of nitrogens with zero attached hydrogens (tertiary/aromatic N) is 2. The number of pyridine rings is 1. The van der Waals surface area contributed by atoms with E-state index in [-0.39, 0.29) is 17.8 Å². The molecule has 7 nitrogen and oxygen atoms in total. The normalized spacial score (nSPS) is 19.2. The van der Waals surface area contributed by atoms with Crippen LogP contribution in [-0.2, 0) is 0 Å². The first-order chi connectivity index (χ1) is 11.6. The molecule has 0 saturated heterocycles. The summed E-state index contributed by atoms with van der Waals surface area (Å²) in [7, 11) is 1.64. The zero-order chi connectivity index (χ0) is 17.1. The molecule has 3 rings (SSSR count). The van der Waals surface area contributed by atoms with Gasteiger partial charge in [-0.15, -0.1) is 0 Å². The van der Waals surface area contributed by atoms with E-state index < -0.39 is 4.92 Å². The van der Waals surface area contributed by atoms with Crippen molar-refractivity contribution < 1.29 is 14.4 Å². The van der Waals surface area contributed by atoms with Crippen molar-refractivity contribution in [3.05, 3.63) is 52.3 Å². The fourth-order valence-corrected chi connectivity index (χ4v) is 2.72. The fourth-order valence-electron chi connectivity index (χ4n) is 2.72. The molecule has 0 aliphatic heterocycles. The summed E-state index contributed by atoms with van der Waals surface area (Å²) in [5, 5.41) is 14.2. The van der Waals surface area contributed by atoms with Gasteiger partial charge in [0, 0.05) is 31.1 Å². The van der Waals surface area contributed by atoms with Gasteiger partial charge in [0.05, 0.1) is 12.0 Å². The third-order valence-corrected chi connectivity index (χ3v) is 4.13. The molecule has 0 spiro atoms. The number of anilines is 1. The Balaban J connectivity index is 1.56. The number of methoxy groups -OCH3 is 1. The van der Waals surface area contributed by atoms with Gasteiger partial charge >= 0.3 is 5.69 Å². The van der Waals surface area contributed by atoms with Gasteiger partial charge in [-0.3, -0.25) is 15.1 Å². The Hall–Kier alpha value is -2.83. The SMILES string of the molecule is COc1cc(OC2CC(Nc3ccncc3[N+](=O)[O-])C2)ccc1C. The molecule has 0 bridgehead atoms. The van der Waals surface area contributed by atoms with Crippen LogP contribution in [0.4, 0.5) is 11.4 Å². The Bertz CT molecular complexity index is 744. The van der Waals surface area contributed by atoms with E-state index >= 15 is 0 Å². The lowest BCUT2D eigenvalue weighted by molar-refractivity contribution is -0.384. The molecule has 1 aliphatic carbocycles. The summed E-state index contributed by atoms with van der Waals surface area (Å²) in [6.45, 7) is 1.98. The summed E-state index contributed by atoms with van der Waals surface area (Å²) in [6.07, 6.45) is 4.47. The third-order valence-electron chi connectivity index (χ3n) is 4.13. The Morgan fingerprint density at radius 3 is 2.83 bits per heavy atom. The molecule has 126 valence electrons. The van der Waals surface area contributed by atoms with E-state index in [2.05, 4.69) is 10.3 Å². The highest BCUT2D eigenvalue weighted by atomic mass is 16.6. The van der Waals surface area contributed by atoms with E-state index in [1.54, 1.807) is 19.4 Å². The van der Waals surface area contributed by atoms with Gasteiger partial charge in [-0.1, -0.05) is 6.07 Å². The molecule has 24 heavy (non-hydrogen) atoms. The molecule has 0 amide bonds. The average Bonchev–Trinajstić information content (AvgIpc) is 2.54. The van der Waals surface area contributed by atoms with Gasteiger partial charge in [-0.05, 0) is 24.6 Å².